The average Bonchev–Trinajstić information content (AvgIpc) is 2.29. The highest BCUT2D eigenvalue weighted by atomic mass is 16.6. The normalized spacial score (nSPS) is 12.2. The van der Waals surface area contributed by atoms with E-state index >= 15 is 0 Å². The molecule has 0 aromatic heterocycles. The van der Waals surface area contributed by atoms with Crippen LogP contribution < -0.4 is 4.74 Å². The molecule has 17 heavy (non-hydrogen) atoms. The molecule has 1 aromatic carbocycles. The summed E-state index contributed by atoms with van der Waals surface area (Å²) in [5, 5.41) is 20.3. The minimum Gasteiger partial charge on any atom is -0.487 e. The van der Waals surface area contributed by atoms with Crippen molar-refractivity contribution in [1.29, 1.82) is 0 Å². The smallest absolute Gasteiger partial charge is 0.310 e. The SMILES string of the molecule is CCOc1cc(CC(O)CC)ccc1[N+](=O)[O-]. The third kappa shape index (κ3) is 3.71. The van der Waals surface area contributed by atoms with Crippen LogP contribution in [-0.4, -0.2) is 22.7 Å². The Morgan fingerprint density at radius 1 is 1.47 bits per heavy atom. The van der Waals surface area contributed by atoms with Gasteiger partial charge in [0.2, 0.25) is 0 Å². The van der Waals surface area contributed by atoms with Crippen molar-refractivity contribution in [1.82, 2.24) is 0 Å². The molecule has 0 saturated carbocycles. The minimum atomic E-state index is -0.467. The molecule has 5 heteroatoms. The molecule has 0 aliphatic rings. The van der Waals surface area contributed by atoms with E-state index in [0.29, 0.717) is 19.4 Å². The maximum atomic E-state index is 10.8. The predicted molar refractivity (Wildman–Crippen MR) is 64.3 cm³/mol. The lowest BCUT2D eigenvalue weighted by Gasteiger charge is -2.10. The van der Waals surface area contributed by atoms with Gasteiger partial charge in [0.05, 0.1) is 17.6 Å². The summed E-state index contributed by atoms with van der Waals surface area (Å²) in [6.07, 6.45) is 0.709. The van der Waals surface area contributed by atoms with E-state index in [1.807, 2.05) is 6.92 Å². The second-order valence-electron chi connectivity index (χ2n) is 3.76. The van der Waals surface area contributed by atoms with Crippen molar-refractivity contribution in [2.75, 3.05) is 6.61 Å². The van der Waals surface area contributed by atoms with Crippen molar-refractivity contribution in [2.24, 2.45) is 0 Å². The van der Waals surface area contributed by atoms with Crippen LogP contribution in [0.2, 0.25) is 0 Å². The number of aliphatic hydroxyl groups excluding tert-OH is 1. The van der Waals surface area contributed by atoms with E-state index in [1.165, 1.54) is 6.07 Å². The monoisotopic (exact) mass is 239 g/mol. The largest absolute Gasteiger partial charge is 0.487 e. The fourth-order valence-electron chi connectivity index (χ4n) is 1.52. The first-order chi connectivity index (χ1) is 8.08. The van der Waals surface area contributed by atoms with Gasteiger partial charge >= 0.3 is 5.69 Å². The summed E-state index contributed by atoms with van der Waals surface area (Å²) < 4.78 is 5.23. The predicted octanol–water partition coefficient (Wildman–Crippen LogP) is 2.31. The summed E-state index contributed by atoms with van der Waals surface area (Å²) >= 11 is 0. The Morgan fingerprint density at radius 3 is 2.71 bits per heavy atom. The summed E-state index contributed by atoms with van der Waals surface area (Å²) in [4.78, 5) is 10.3. The first-order valence-electron chi connectivity index (χ1n) is 5.66. The Labute approximate surface area is 100 Å². The van der Waals surface area contributed by atoms with Gasteiger partial charge in [-0.3, -0.25) is 10.1 Å². The van der Waals surface area contributed by atoms with Crippen LogP contribution in [0.25, 0.3) is 0 Å². The first-order valence-corrected chi connectivity index (χ1v) is 5.66. The van der Waals surface area contributed by atoms with E-state index in [-0.39, 0.29) is 11.4 Å². The topological polar surface area (TPSA) is 72.6 Å². The number of rotatable bonds is 6. The van der Waals surface area contributed by atoms with Crippen molar-refractivity contribution in [2.45, 2.75) is 32.8 Å². The summed E-state index contributed by atoms with van der Waals surface area (Å²) in [5.74, 6) is 0.262. The molecule has 0 aliphatic carbocycles. The van der Waals surface area contributed by atoms with Crippen molar-refractivity contribution in [3.05, 3.63) is 33.9 Å². The minimum absolute atomic E-state index is 0.0402. The Morgan fingerprint density at radius 2 is 2.18 bits per heavy atom. The molecule has 0 amide bonds. The van der Waals surface area contributed by atoms with Gasteiger partial charge in [0.15, 0.2) is 5.75 Å². The zero-order valence-corrected chi connectivity index (χ0v) is 10.0. The fourth-order valence-corrected chi connectivity index (χ4v) is 1.52. The van der Waals surface area contributed by atoms with Crippen LogP contribution in [0.15, 0.2) is 18.2 Å². The standard InChI is InChI=1S/C12H17NO4/c1-3-10(14)7-9-5-6-11(13(15)16)12(8-9)17-4-2/h5-6,8,10,14H,3-4,7H2,1-2H3. The van der Waals surface area contributed by atoms with Gasteiger partial charge in [-0.25, -0.2) is 0 Å². The molecule has 0 aliphatic heterocycles. The lowest BCUT2D eigenvalue weighted by molar-refractivity contribution is -0.385. The zero-order chi connectivity index (χ0) is 12.8. The molecule has 1 rings (SSSR count). The molecule has 0 bridgehead atoms. The number of hydrogen-bond acceptors (Lipinski definition) is 4. The third-order valence-electron chi connectivity index (χ3n) is 2.46. The second-order valence-corrected chi connectivity index (χ2v) is 3.76. The maximum Gasteiger partial charge on any atom is 0.310 e. The quantitative estimate of drug-likeness (QED) is 0.610. The molecule has 94 valence electrons. The van der Waals surface area contributed by atoms with Crippen LogP contribution in [-0.2, 0) is 6.42 Å². The molecule has 0 saturated heterocycles. The summed E-state index contributed by atoms with van der Waals surface area (Å²) in [5.41, 5.74) is 0.801. The molecular weight excluding hydrogens is 222 g/mol. The van der Waals surface area contributed by atoms with E-state index in [1.54, 1.807) is 19.1 Å². The number of nitro benzene ring substituents is 1. The average molecular weight is 239 g/mol. The van der Waals surface area contributed by atoms with Crippen molar-refractivity contribution in [3.63, 3.8) is 0 Å². The van der Waals surface area contributed by atoms with E-state index in [0.717, 1.165) is 5.56 Å². The van der Waals surface area contributed by atoms with Crippen LogP contribution in [0.3, 0.4) is 0 Å². The Kier molecular flexibility index (Phi) is 4.90. The number of nitrogens with zero attached hydrogens (tertiary/aromatic N) is 1. The zero-order valence-electron chi connectivity index (χ0n) is 10.0. The van der Waals surface area contributed by atoms with Gasteiger partial charge < -0.3 is 9.84 Å². The van der Waals surface area contributed by atoms with Crippen molar-refractivity contribution in [3.8, 4) is 5.75 Å². The molecule has 1 N–H and O–H groups in total. The number of ether oxygens (including phenoxy) is 1. The van der Waals surface area contributed by atoms with Gasteiger partial charge in [0.1, 0.15) is 0 Å². The van der Waals surface area contributed by atoms with Gasteiger partial charge in [0.25, 0.3) is 0 Å². The van der Waals surface area contributed by atoms with Crippen molar-refractivity contribution < 1.29 is 14.8 Å². The van der Waals surface area contributed by atoms with Gasteiger partial charge in [0, 0.05) is 6.07 Å². The highest BCUT2D eigenvalue weighted by molar-refractivity contribution is 5.48. The first kappa shape index (κ1) is 13.4. The Balaban J connectivity index is 2.96. The van der Waals surface area contributed by atoms with Crippen LogP contribution >= 0.6 is 0 Å². The second kappa shape index (κ2) is 6.20. The van der Waals surface area contributed by atoms with Crippen LogP contribution in [0.5, 0.6) is 5.75 Å². The molecule has 0 radical (unpaired) electrons. The molecule has 1 unspecified atom stereocenters. The molecule has 1 atom stereocenters. The van der Waals surface area contributed by atoms with Crippen molar-refractivity contribution >= 4 is 5.69 Å². The maximum absolute atomic E-state index is 10.8. The highest BCUT2D eigenvalue weighted by Crippen LogP contribution is 2.28. The summed E-state index contributed by atoms with van der Waals surface area (Å²) in [7, 11) is 0. The lowest BCUT2D eigenvalue weighted by Crippen LogP contribution is -2.08. The molecule has 0 spiro atoms. The van der Waals surface area contributed by atoms with Crippen LogP contribution in [0.4, 0.5) is 5.69 Å². The third-order valence-corrected chi connectivity index (χ3v) is 2.46. The van der Waals surface area contributed by atoms with E-state index < -0.39 is 11.0 Å². The van der Waals surface area contributed by atoms with Crippen LogP contribution in [0.1, 0.15) is 25.8 Å². The van der Waals surface area contributed by atoms with Crippen LogP contribution in [0, 0.1) is 10.1 Å². The molecule has 0 heterocycles. The molecular formula is C12H17NO4. The molecule has 0 fully saturated rings. The summed E-state index contributed by atoms with van der Waals surface area (Å²) in [6.45, 7) is 4.04. The van der Waals surface area contributed by atoms with Gasteiger partial charge in [-0.1, -0.05) is 13.0 Å². The summed E-state index contributed by atoms with van der Waals surface area (Å²) in [6, 6.07) is 4.70. The number of nitro groups is 1. The van der Waals surface area contributed by atoms with E-state index in [9.17, 15) is 15.2 Å². The van der Waals surface area contributed by atoms with Gasteiger partial charge in [-0.2, -0.15) is 0 Å². The fraction of sp³-hybridized carbons (Fsp3) is 0.500. The lowest BCUT2D eigenvalue weighted by atomic mass is 10.1. The van der Waals surface area contributed by atoms with Gasteiger partial charge in [-0.15, -0.1) is 0 Å². The number of aliphatic hydroxyl groups is 1. The van der Waals surface area contributed by atoms with E-state index in [2.05, 4.69) is 0 Å². The van der Waals surface area contributed by atoms with E-state index in [4.69, 9.17) is 4.74 Å². The molecule has 1 aromatic rings. The Bertz CT molecular complexity index is 392. The number of hydrogen-bond donors (Lipinski definition) is 1. The number of benzene rings is 1. The Hall–Kier alpha value is -1.62. The highest BCUT2D eigenvalue weighted by Gasteiger charge is 2.16. The van der Waals surface area contributed by atoms with Gasteiger partial charge in [-0.05, 0) is 31.4 Å². The molecule has 5 nitrogen and oxygen atoms in total.